The second kappa shape index (κ2) is 5.00. The predicted octanol–water partition coefficient (Wildman–Crippen LogP) is 0.442. The van der Waals surface area contributed by atoms with E-state index in [1.807, 2.05) is 23.6 Å². The molecule has 102 valence electrons. The van der Waals surface area contributed by atoms with Crippen LogP contribution >= 0.6 is 11.8 Å². The number of nitrogens with two attached hydrogens (primary N) is 1. The van der Waals surface area contributed by atoms with Gasteiger partial charge in [0.15, 0.2) is 20.6 Å². The molecular formula is C10H18N4O2S2. The number of anilines is 2. The molecule has 2 heterocycles. The van der Waals surface area contributed by atoms with E-state index < -0.39 is 9.84 Å². The first-order chi connectivity index (χ1) is 8.45. The van der Waals surface area contributed by atoms with Gasteiger partial charge in [0.25, 0.3) is 0 Å². The van der Waals surface area contributed by atoms with Crippen molar-refractivity contribution >= 4 is 33.2 Å². The Kier molecular flexibility index (Phi) is 3.76. The Bertz CT molecular complexity index is 532. The second-order valence-corrected chi connectivity index (χ2v) is 7.40. The highest BCUT2D eigenvalue weighted by molar-refractivity contribution is 7.99. The summed E-state index contributed by atoms with van der Waals surface area (Å²) >= 11 is 1.87. The monoisotopic (exact) mass is 290 g/mol. The molecule has 2 rings (SSSR count). The summed E-state index contributed by atoms with van der Waals surface area (Å²) in [6.07, 6.45) is 1.18. The third-order valence-electron chi connectivity index (χ3n) is 2.91. The number of aromatic nitrogens is 2. The van der Waals surface area contributed by atoms with E-state index in [1.165, 1.54) is 6.26 Å². The molecule has 0 bridgehead atoms. The molecule has 18 heavy (non-hydrogen) atoms. The van der Waals surface area contributed by atoms with Crippen LogP contribution in [0.5, 0.6) is 0 Å². The van der Waals surface area contributed by atoms with Crippen LogP contribution in [0.3, 0.4) is 0 Å². The van der Waals surface area contributed by atoms with Crippen molar-refractivity contribution in [3.8, 4) is 0 Å². The van der Waals surface area contributed by atoms with Crippen LogP contribution in [0.1, 0.15) is 6.92 Å². The minimum atomic E-state index is -3.36. The third-order valence-corrected chi connectivity index (χ3v) is 4.99. The van der Waals surface area contributed by atoms with E-state index in [2.05, 4.69) is 5.10 Å². The topological polar surface area (TPSA) is 81.2 Å². The highest BCUT2D eigenvalue weighted by atomic mass is 32.2. The minimum Gasteiger partial charge on any atom is -0.383 e. The highest BCUT2D eigenvalue weighted by Gasteiger charge is 2.28. The zero-order valence-corrected chi connectivity index (χ0v) is 12.2. The number of hydrogen-bond donors (Lipinski definition) is 1. The van der Waals surface area contributed by atoms with E-state index in [1.54, 1.807) is 4.68 Å². The van der Waals surface area contributed by atoms with E-state index >= 15 is 0 Å². The van der Waals surface area contributed by atoms with Crippen LogP contribution in [-0.4, -0.2) is 49.0 Å². The number of thioether (sulfide) groups is 1. The smallest absolute Gasteiger partial charge is 0.182 e. The molecule has 1 saturated heterocycles. The maximum Gasteiger partial charge on any atom is 0.182 e. The first-order valence-electron chi connectivity index (χ1n) is 5.84. The van der Waals surface area contributed by atoms with Crippen molar-refractivity contribution in [2.45, 2.75) is 18.4 Å². The van der Waals surface area contributed by atoms with Crippen LogP contribution in [0, 0.1) is 0 Å². The molecule has 1 aliphatic heterocycles. The van der Waals surface area contributed by atoms with Crippen molar-refractivity contribution in [2.75, 3.05) is 41.5 Å². The summed E-state index contributed by atoms with van der Waals surface area (Å²) in [5, 5.41) is 4.35. The van der Waals surface area contributed by atoms with Gasteiger partial charge in [-0.25, -0.2) is 13.1 Å². The molecule has 6 nitrogen and oxygen atoms in total. The molecule has 0 unspecified atom stereocenters. The third kappa shape index (κ3) is 2.44. The van der Waals surface area contributed by atoms with Crippen LogP contribution in [-0.2, 0) is 16.4 Å². The fourth-order valence-electron chi connectivity index (χ4n) is 2.02. The van der Waals surface area contributed by atoms with Gasteiger partial charge in [-0.05, 0) is 6.92 Å². The molecule has 0 spiro atoms. The quantitative estimate of drug-likeness (QED) is 0.870. The van der Waals surface area contributed by atoms with Gasteiger partial charge in [0, 0.05) is 37.4 Å². The molecule has 1 aromatic heterocycles. The average molecular weight is 290 g/mol. The predicted molar refractivity (Wildman–Crippen MR) is 75.0 cm³/mol. The number of rotatable bonds is 3. The maximum atomic E-state index is 11.9. The summed E-state index contributed by atoms with van der Waals surface area (Å²) < 4.78 is 25.3. The molecular weight excluding hydrogens is 272 g/mol. The van der Waals surface area contributed by atoms with Crippen LogP contribution in [0.2, 0.25) is 0 Å². The number of sulfone groups is 1. The summed E-state index contributed by atoms with van der Waals surface area (Å²) in [6.45, 7) is 4.09. The molecule has 0 saturated carbocycles. The zero-order valence-electron chi connectivity index (χ0n) is 10.6. The van der Waals surface area contributed by atoms with Crippen molar-refractivity contribution < 1.29 is 8.42 Å². The number of hydrogen-bond acceptors (Lipinski definition) is 6. The summed E-state index contributed by atoms with van der Waals surface area (Å²) in [5.41, 5.74) is 5.90. The standard InChI is InChI=1S/C10H18N4O2S2/c1-3-14-9(11)8(18(2,15)16)10(12-14)13-4-6-17-7-5-13/h3-7,11H2,1-2H3. The van der Waals surface area contributed by atoms with Crippen molar-refractivity contribution in [3.05, 3.63) is 0 Å². The van der Waals surface area contributed by atoms with E-state index in [0.717, 1.165) is 24.6 Å². The van der Waals surface area contributed by atoms with Gasteiger partial charge in [0.05, 0.1) is 0 Å². The summed E-state index contributed by atoms with van der Waals surface area (Å²) in [7, 11) is -3.36. The van der Waals surface area contributed by atoms with Crippen molar-refractivity contribution in [3.63, 3.8) is 0 Å². The van der Waals surface area contributed by atoms with Crippen molar-refractivity contribution in [2.24, 2.45) is 0 Å². The van der Waals surface area contributed by atoms with Gasteiger partial charge >= 0.3 is 0 Å². The zero-order chi connectivity index (χ0) is 13.3. The van der Waals surface area contributed by atoms with Crippen molar-refractivity contribution in [1.29, 1.82) is 0 Å². The van der Waals surface area contributed by atoms with E-state index in [0.29, 0.717) is 12.4 Å². The normalized spacial score (nSPS) is 17.1. The van der Waals surface area contributed by atoms with E-state index in [9.17, 15) is 8.42 Å². The van der Waals surface area contributed by atoms with Gasteiger partial charge in [-0.15, -0.1) is 0 Å². The molecule has 0 radical (unpaired) electrons. The molecule has 1 aromatic rings. The first-order valence-corrected chi connectivity index (χ1v) is 8.88. The number of aryl methyl sites for hydroxylation is 1. The van der Waals surface area contributed by atoms with Crippen LogP contribution in [0.4, 0.5) is 11.6 Å². The van der Waals surface area contributed by atoms with Gasteiger partial charge in [-0.1, -0.05) is 0 Å². The summed E-state index contributed by atoms with van der Waals surface area (Å²) in [4.78, 5) is 2.19. The fraction of sp³-hybridized carbons (Fsp3) is 0.700. The van der Waals surface area contributed by atoms with Gasteiger partial charge in [0.1, 0.15) is 5.82 Å². The molecule has 0 amide bonds. The maximum absolute atomic E-state index is 11.9. The molecule has 0 aromatic carbocycles. The Balaban J connectivity index is 2.51. The minimum absolute atomic E-state index is 0.177. The SMILES string of the molecule is CCn1nc(N2CCSCC2)c(S(C)(=O)=O)c1N. The van der Waals surface area contributed by atoms with Crippen LogP contribution in [0.15, 0.2) is 4.90 Å². The second-order valence-electron chi connectivity index (χ2n) is 4.23. The van der Waals surface area contributed by atoms with Crippen molar-refractivity contribution in [1.82, 2.24) is 9.78 Å². The highest BCUT2D eigenvalue weighted by Crippen LogP contribution is 2.31. The Morgan fingerprint density at radius 3 is 2.50 bits per heavy atom. The lowest BCUT2D eigenvalue weighted by atomic mass is 10.4. The van der Waals surface area contributed by atoms with Gasteiger partial charge in [-0.3, -0.25) is 0 Å². The lowest BCUT2D eigenvalue weighted by molar-refractivity contribution is 0.601. The molecule has 0 aliphatic carbocycles. The molecule has 2 N–H and O–H groups in total. The molecule has 1 aliphatic rings. The lowest BCUT2D eigenvalue weighted by Gasteiger charge is -2.26. The van der Waals surface area contributed by atoms with Crippen LogP contribution < -0.4 is 10.6 Å². The number of nitrogen functional groups attached to an aromatic ring is 1. The Hall–Kier alpha value is -0.890. The van der Waals surface area contributed by atoms with Gasteiger partial charge < -0.3 is 10.6 Å². The van der Waals surface area contributed by atoms with E-state index in [-0.39, 0.29) is 10.7 Å². The number of nitrogens with zero attached hydrogens (tertiary/aromatic N) is 3. The van der Waals surface area contributed by atoms with Gasteiger partial charge in [-0.2, -0.15) is 16.9 Å². The largest absolute Gasteiger partial charge is 0.383 e. The van der Waals surface area contributed by atoms with E-state index in [4.69, 9.17) is 5.73 Å². The Labute approximate surface area is 111 Å². The Morgan fingerprint density at radius 2 is 2.00 bits per heavy atom. The summed E-state index contributed by atoms with van der Waals surface area (Å²) in [6, 6.07) is 0. The fourth-order valence-corrected chi connectivity index (χ4v) is 3.91. The average Bonchev–Trinajstić information content (AvgIpc) is 2.67. The lowest BCUT2D eigenvalue weighted by Crippen LogP contribution is -2.33. The molecule has 1 fully saturated rings. The van der Waals surface area contributed by atoms with Crippen LogP contribution in [0.25, 0.3) is 0 Å². The summed E-state index contributed by atoms with van der Waals surface area (Å²) in [5.74, 6) is 2.73. The molecule has 8 heteroatoms. The van der Waals surface area contributed by atoms with Gasteiger partial charge in [0.2, 0.25) is 0 Å². The molecule has 0 atom stereocenters. The first kappa shape index (κ1) is 13.5. The Morgan fingerprint density at radius 1 is 1.39 bits per heavy atom.